The number of nitrogens with zero attached hydrogens (tertiary/aromatic N) is 2. The molecule has 0 aromatic carbocycles. The van der Waals surface area contributed by atoms with Crippen LogP contribution in [-0.4, -0.2) is 42.3 Å². The Bertz CT molecular complexity index is 611. The van der Waals surface area contributed by atoms with Gasteiger partial charge in [0.15, 0.2) is 5.96 Å². The largest absolute Gasteiger partial charge is 0.444 e. The molecule has 1 heterocycles. The number of carbonyl (C=O) groups is 1. The Balaban J connectivity index is 2.57. The van der Waals surface area contributed by atoms with Crippen LogP contribution >= 0.6 is 0 Å². The molecule has 152 valence electrons. The van der Waals surface area contributed by atoms with Crippen molar-refractivity contribution in [2.24, 2.45) is 4.99 Å². The van der Waals surface area contributed by atoms with E-state index in [1.807, 2.05) is 45.9 Å². The van der Waals surface area contributed by atoms with Crippen LogP contribution < -0.4 is 16.0 Å². The molecule has 0 saturated heterocycles. The summed E-state index contributed by atoms with van der Waals surface area (Å²) in [5.41, 5.74) is 1.43. The van der Waals surface area contributed by atoms with Crippen LogP contribution in [0.15, 0.2) is 23.2 Å². The van der Waals surface area contributed by atoms with E-state index in [2.05, 4.69) is 32.9 Å². The third-order valence-electron chi connectivity index (χ3n) is 3.75. The lowest BCUT2D eigenvalue weighted by Gasteiger charge is -2.24. The van der Waals surface area contributed by atoms with Crippen LogP contribution in [0, 0.1) is 6.92 Å². The van der Waals surface area contributed by atoms with Gasteiger partial charge in [-0.05, 0) is 46.2 Å². The van der Waals surface area contributed by atoms with Crippen molar-refractivity contribution >= 4 is 12.1 Å². The van der Waals surface area contributed by atoms with E-state index in [1.54, 1.807) is 7.05 Å². The van der Waals surface area contributed by atoms with Crippen LogP contribution in [0.4, 0.5) is 4.79 Å². The molecule has 7 heteroatoms. The second-order valence-corrected chi connectivity index (χ2v) is 7.56. The summed E-state index contributed by atoms with van der Waals surface area (Å²) < 4.78 is 5.31. The lowest BCUT2D eigenvalue weighted by Crippen LogP contribution is -2.48. The van der Waals surface area contributed by atoms with Gasteiger partial charge in [-0.2, -0.15) is 0 Å². The lowest BCUT2D eigenvalue weighted by atomic mass is 10.1. The van der Waals surface area contributed by atoms with Crippen molar-refractivity contribution in [3.63, 3.8) is 0 Å². The van der Waals surface area contributed by atoms with E-state index in [-0.39, 0.29) is 6.04 Å². The minimum absolute atomic E-state index is 0.0640. The number of nitrogens with one attached hydrogen (secondary N) is 3. The number of aromatic nitrogens is 1. The SMILES string of the molecule is CCCCC(CNC(=O)OC(C)(C)C)NC(=NC)NCc1cccc(C)n1. The Morgan fingerprint density at radius 3 is 2.63 bits per heavy atom. The molecular weight excluding hydrogens is 342 g/mol. The van der Waals surface area contributed by atoms with Gasteiger partial charge in [0, 0.05) is 25.3 Å². The fraction of sp³-hybridized carbons (Fsp3) is 0.650. The van der Waals surface area contributed by atoms with Gasteiger partial charge in [-0.1, -0.05) is 25.8 Å². The first kappa shape index (κ1) is 22.7. The summed E-state index contributed by atoms with van der Waals surface area (Å²) in [6, 6.07) is 6.00. The van der Waals surface area contributed by atoms with Crippen LogP contribution in [0.25, 0.3) is 0 Å². The van der Waals surface area contributed by atoms with Crippen molar-refractivity contribution < 1.29 is 9.53 Å². The molecule has 0 aliphatic rings. The van der Waals surface area contributed by atoms with Crippen molar-refractivity contribution in [3.05, 3.63) is 29.6 Å². The molecule has 0 spiro atoms. The number of rotatable bonds is 8. The smallest absolute Gasteiger partial charge is 0.407 e. The second kappa shape index (κ2) is 11.4. The molecule has 1 aromatic rings. The van der Waals surface area contributed by atoms with Gasteiger partial charge in [-0.15, -0.1) is 0 Å². The molecule has 0 radical (unpaired) electrons. The summed E-state index contributed by atoms with van der Waals surface area (Å²) in [7, 11) is 1.73. The molecule has 0 aliphatic carbocycles. The molecule has 7 nitrogen and oxygen atoms in total. The number of hydrogen-bond donors (Lipinski definition) is 3. The summed E-state index contributed by atoms with van der Waals surface area (Å²) in [6.45, 7) is 10.7. The number of alkyl carbamates (subject to hydrolysis) is 1. The molecule has 27 heavy (non-hydrogen) atoms. The van der Waals surface area contributed by atoms with Crippen LogP contribution in [0.1, 0.15) is 58.3 Å². The molecule has 0 bridgehead atoms. The van der Waals surface area contributed by atoms with E-state index in [1.165, 1.54) is 0 Å². The van der Waals surface area contributed by atoms with Crippen LogP contribution in [0.5, 0.6) is 0 Å². The van der Waals surface area contributed by atoms with Crippen molar-refractivity contribution in [1.82, 2.24) is 20.9 Å². The number of pyridine rings is 1. The van der Waals surface area contributed by atoms with E-state index >= 15 is 0 Å². The third kappa shape index (κ3) is 10.4. The van der Waals surface area contributed by atoms with E-state index in [0.717, 1.165) is 30.7 Å². The number of amides is 1. The molecule has 3 N–H and O–H groups in total. The molecule has 0 aliphatic heterocycles. The van der Waals surface area contributed by atoms with E-state index in [0.29, 0.717) is 19.0 Å². The highest BCUT2D eigenvalue weighted by Gasteiger charge is 2.18. The number of hydrogen-bond acceptors (Lipinski definition) is 4. The number of aryl methyl sites for hydroxylation is 1. The van der Waals surface area contributed by atoms with Gasteiger partial charge in [-0.3, -0.25) is 9.98 Å². The van der Waals surface area contributed by atoms with Crippen LogP contribution in [0.3, 0.4) is 0 Å². The standard InChI is InChI=1S/C20H35N5O2/c1-7-8-11-17(14-23-19(26)27-20(3,4)5)25-18(21-6)22-13-16-12-9-10-15(2)24-16/h9-10,12,17H,7-8,11,13-14H2,1-6H3,(H,23,26)(H2,21,22,25). The Morgan fingerprint density at radius 2 is 2.04 bits per heavy atom. The maximum absolute atomic E-state index is 11.9. The maximum atomic E-state index is 11.9. The van der Waals surface area contributed by atoms with E-state index < -0.39 is 11.7 Å². The molecule has 0 saturated carbocycles. The number of guanidine groups is 1. The van der Waals surface area contributed by atoms with Gasteiger partial charge in [0.1, 0.15) is 5.60 Å². The van der Waals surface area contributed by atoms with Crippen molar-refractivity contribution in [1.29, 1.82) is 0 Å². The van der Waals surface area contributed by atoms with Crippen molar-refractivity contribution in [2.75, 3.05) is 13.6 Å². The van der Waals surface area contributed by atoms with Gasteiger partial charge >= 0.3 is 6.09 Å². The summed E-state index contributed by atoms with van der Waals surface area (Å²) in [4.78, 5) is 20.7. The summed E-state index contributed by atoms with van der Waals surface area (Å²) in [5, 5.41) is 9.50. The average molecular weight is 378 g/mol. The first-order valence-corrected chi connectivity index (χ1v) is 9.60. The van der Waals surface area contributed by atoms with E-state index in [4.69, 9.17) is 4.74 Å². The first-order valence-electron chi connectivity index (χ1n) is 9.60. The summed E-state index contributed by atoms with van der Waals surface area (Å²) >= 11 is 0. The monoisotopic (exact) mass is 377 g/mol. The lowest BCUT2D eigenvalue weighted by molar-refractivity contribution is 0.0523. The zero-order chi connectivity index (χ0) is 20.3. The Hall–Kier alpha value is -2.31. The Labute approximate surface area is 163 Å². The number of carbonyl (C=O) groups excluding carboxylic acids is 1. The zero-order valence-electron chi connectivity index (χ0n) is 17.6. The Morgan fingerprint density at radius 1 is 1.30 bits per heavy atom. The molecule has 1 rings (SSSR count). The minimum atomic E-state index is -0.505. The number of aliphatic imine (C=N–C) groups is 1. The molecule has 1 amide bonds. The molecule has 1 aromatic heterocycles. The van der Waals surface area contributed by atoms with Gasteiger partial charge in [0.25, 0.3) is 0 Å². The highest BCUT2D eigenvalue weighted by Crippen LogP contribution is 2.07. The van der Waals surface area contributed by atoms with Crippen molar-refractivity contribution in [3.8, 4) is 0 Å². The highest BCUT2D eigenvalue weighted by atomic mass is 16.6. The van der Waals surface area contributed by atoms with Gasteiger partial charge in [0.2, 0.25) is 0 Å². The first-order chi connectivity index (χ1) is 12.7. The fourth-order valence-electron chi connectivity index (χ4n) is 2.46. The quantitative estimate of drug-likeness (QED) is 0.478. The van der Waals surface area contributed by atoms with Crippen molar-refractivity contribution in [2.45, 2.75) is 72.1 Å². The van der Waals surface area contributed by atoms with Gasteiger partial charge < -0.3 is 20.7 Å². The maximum Gasteiger partial charge on any atom is 0.407 e. The van der Waals surface area contributed by atoms with Gasteiger partial charge in [-0.25, -0.2) is 4.79 Å². The Kier molecular flexibility index (Phi) is 9.61. The molecular formula is C20H35N5O2. The molecule has 1 unspecified atom stereocenters. The van der Waals surface area contributed by atoms with Crippen LogP contribution in [0.2, 0.25) is 0 Å². The fourth-order valence-corrected chi connectivity index (χ4v) is 2.46. The minimum Gasteiger partial charge on any atom is -0.444 e. The van der Waals surface area contributed by atoms with Gasteiger partial charge in [0.05, 0.1) is 12.2 Å². The molecule has 0 fully saturated rings. The highest BCUT2D eigenvalue weighted by molar-refractivity contribution is 5.80. The van der Waals surface area contributed by atoms with E-state index in [9.17, 15) is 4.79 Å². The average Bonchev–Trinajstić information content (AvgIpc) is 2.59. The summed E-state index contributed by atoms with van der Waals surface area (Å²) in [6.07, 6.45) is 2.67. The predicted octanol–water partition coefficient (Wildman–Crippen LogP) is 3.14. The normalized spacial score (nSPS) is 13.0. The van der Waals surface area contributed by atoms with Crippen LogP contribution in [-0.2, 0) is 11.3 Å². The predicted molar refractivity (Wildman–Crippen MR) is 110 cm³/mol. The molecule has 1 atom stereocenters. The second-order valence-electron chi connectivity index (χ2n) is 7.56. The zero-order valence-corrected chi connectivity index (χ0v) is 17.6. The number of unbranched alkanes of at least 4 members (excludes halogenated alkanes) is 1. The third-order valence-corrected chi connectivity index (χ3v) is 3.75. The summed E-state index contributed by atoms with van der Waals surface area (Å²) in [5.74, 6) is 0.686. The number of ether oxygens (including phenoxy) is 1. The topological polar surface area (TPSA) is 87.6 Å².